The van der Waals surface area contributed by atoms with Gasteiger partial charge in [-0.05, 0) is 18.2 Å². The van der Waals surface area contributed by atoms with E-state index in [0.29, 0.717) is 15.6 Å². The third-order valence-corrected chi connectivity index (χ3v) is 2.41. The molecule has 12 heavy (non-hydrogen) atoms. The SMILES string of the molecule is O=C(CBr)[14c]1[14cH][14cH][14c](Cl)[14cH][14c]1Cl. The first-order valence-electron chi connectivity index (χ1n) is 3.19. The van der Waals surface area contributed by atoms with E-state index >= 15 is 0 Å². The largest absolute Gasteiger partial charge is 0.293 e. The Morgan fingerprint density at radius 2 is 2.08 bits per heavy atom. The van der Waals surface area contributed by atoms with Crippen molar-refractivity contribution in [1.82, 2.24) is 0 Å². The van der Waals surface area contributed by atoms with E-state index in [9.17, 15) is 4.79 Å². The van der Waals surface area contributed by atoms with Crippen LogP contribution in [0.2, 0.25) is 10.0 Å². The second-order valence-electron chi connectivity index (χ2n) is 2.18. The molecule has 0 aliphatic carbocycles. The molecule has 0 radical (unpaired) electrons. The van der Waals surface area contributed by atoms with Gasteiger partial charge in [-0.1, -0.05) is 39.1 Å². The quantitative estimate of drug-likeness (QED) is 0.597. The van der Waals surface area contributed by atoms with Crippen molar-refractivity contribution >= 4 is 44.9 Å². The zero-order valence-electron chi connectivity index (χ0n) is 5.98. The Hall–Kier alpha value is -0.0500. The number of alkyl halides is 1. The maximum Gasteiger partial charge on any atom is 0.174 e. The van der Waals surface area contributed by atoms with Gasteiger partial charge in [0, 0.05) is 10.6 Å². The molecule has 0 aliphatic rings. The van der Waals surface area contributed by atoms with Crippen LogP contribution >= 0.6 is 39.1 Å². The lowest BCUT2D eigenvalue weighted by molar-refractivity contribution is 0.102. The average Bonchev–Trinajstić information content (AvgIpc) is 2.03. The molecular weight excluding hydrogens is 275 g/mol. The number of Topliss-reactive ketones (excluding diaryl/α,β-unsaturated/α-hetero) is 1. The van der Waals surface area contributed by atoms with E-state index in [1.165, 1.54) is 0 Å². The molecule has 0 heterocycles. The summed E-state index contributed by atoms with van der Waals surface area (Å²) in [4.78, 5) is 11.2. The van der Waals surface area contributed by atoms with Crippen LogP contribution in [0.5, 0.6) is 0 Å². The molecule has 0 N–H and O–H groups in total. The minimum absolute atomic E-state index is 0.0448. The van der Waals surface area contributed by atoms with Crippen LogP contribution in [-0.4, -0.2) is 11.1 Å². The predicted octanol–water partition coefficient (Wildman–Crippen LogP) is 3.57. The Balaban J connectivity index is 3.09. The number of hydrogen-bond acceptors (Lipinski definition) is 1. The summed E-state index contributed by atoms with van der Waals surface area (Å²) >= 11 is 14.5. The van der Waals surface area contributed by atoms with Gasteiger partial charge < -0.3 is 0 Å². The number of carbonyl (C=O) groups excluding carboxylic acids is 1. The number of hydrogen-bond donors (Lipinski definition) is 0. The first-order chi connectivity index (χ1) is 5.65. The standard InChI is InChI=1S/C8H5BrCl2O/c9-4-8(12)6-2-1-5(10)3-7(6)11/h1-3H,4H2/i1+2,2+2,3+2,5+2,6+2,7+2. The highest BCUT2D eigenvalue weighted by Gasteiger charge is 2.08. The van der Waals surface area contributed by atoms with Crippen molar-refractivity contribution < 1.29 is 4.79 Å². The minimum atomic E-state index is -0.0448. The monoisotopic (exact) mass is 278 g/mol. The highest BCUT2D eigenvalue weighted by atomic mass is 79.9. The van der Waals surface area contributed by atoms with Crippen molar-refractivity contribution in [3.05, 3.63) is 33.8 Å². The fourth-order valence-electron chi connectivity index (χ4n) is 0.788. The molecular formula is C8H5BrCl2O. The van der Waals surface area contributed by atoms with E-state index in [0.717, 1.165) is 0 Å². The van der Waals surface area contributed by atoms with Crippen LogP contribution in [0.15, 0.2) is 18.2 Å². The lowest BCUT2D eigenvalue weighted by atomic mass is 10.8. The van der Waals surface area contributed by atoms with Crippen LogP contribution in [-0.2, 0) is 0 Å². The fourth-order valence-corrected chi connectivity index (χ4v) is 1.60. The van der Waals surface area contributed by atoms with Gasteiger partial charge in [-0.2, -0.15) is 0 Å². The number of rotatable bonds is 2. The molecule has 1 nitrogen and oxygen atoms in total. The lowest BCUT2D eigenvalue weighted by Gasteiger charge is -2.00. The summed E-state index contributed by atoms with van der Waals surface area (Å²) in [5.74, 6) is -0.0448. The van der Waals surface area contributed by atoms with Gasteiger partial charge in [-0.25, -0.2) is 0 Å². The molecule has 0 saturated carbocycles. The highest BCUT2D eigenvalue weighted by Crippen LogP contribution is 2.21. The van der Waals surface area contributed by atoms with Crippen molar-refractivity contribution in [1.29, 1.82) is 0 Å². The Morgan fingerprint density at radius 3 is 2.58 bits per heavy atom. The van der Waals surface area contributed by atoms with E-state index in [1.807, 2.05) is 0 Å². The summed E-state index contributed by atoms with van der Waals surface area (Å²) in [5, 5.41) is 1.20. The molecule has 0 amide bonds. The molecule has 0 bridgehead atoms. The molecule has 64 valence electrons. The molecule has 0 aromatic heterocycles. The molecule has 1 aromatic rings. The van der Waals surface area contributed by atoms with E-state index < -0.39 is 0 Å². The minimum Gasteiger partial charge on any atom is -0.293 e. The van der Waals surface area contributed by atoms with E-state index in [1.54, 1.807) is 18.2 Å². The van der Waals surface area contributed by atoms with Crippen LogP contribution in [0.3, 0.4) is 0 Å². The van der Waals surface area contributed by atoms with Crippen molar-refractivity contribution in [2.24, 2.45) is 0 Å². The van der Waals surface area contributed by atoms with Gasteiger partial charge in [0.15, 0.2) is 5.78 Å². The van der Waals surface area contributed by atoms with Gasteiger partial charge in [0.1, 0.15) is 0 Å². The molecule has 0 spiro atoms. The first kappa shape index (κ1) is 10.0. The van der Waals surface area contributed by atoms with E-state index in [2.05, 4.69) is 15.9 Å². The van der Waals surface area contributed by atoms with Crippen LogP contribution in [0.1, 0.15) is 10.4 Å². The van der Waals surface area contributed by atoms with E-state index in [4.69, 9.17) is 23.2 Å². The summed E-state index contributed by atoms with van der Waals surface area (Å²) in [5.41, 5.74) is 0.498. The molecule has 0 atom stereocenters. The van der Waals surface area contributed by atoms with Gasteiger partial charge in [-0.15, -0.1) is 0 Å². The third kappa shape index (κ3) is 2.22. The Morgan fingerprint density at radius 1 is 1.42 bits per heavy atom. The Bertz CT molecular complexity index is 312. The fraction of sp³-hybridized carbons (Fsp3) is 0.125. The normalized spacial score (nSPS) is 9.92. The van der Waals surface area contributed by atoms with Crippen molar-refractivity contribution in [2.45, 2.75) is 0 Å². The number of halogens is 3. The van der Waals surface area contributed by atoms with Crippen LogP contribution in [0.4, 0.5) is 0 Å². The van der Waals surface area contributed by atoms with Crippen LogP contribution < -0.4 is 0 Å². The van der Waals surface area contributed by atoms with Gasteiger partial charge >= 0.3 is 0 Å². The van der Waals surface area contributed by atoms with Crippen molar-refractivity contribution in [3.8, 4) is 0 Å². The van der Waals surface area contributed by atoms with Crippen molar-refractivity contribution in [2.75, 3.05) is 5.33 Å². The smallest absolute Gasteiger partial charge is 0.174 e. The Kier molecular flexibility index (Phi) is 3.56. The summed E-state index contributed by atoms with van der Waals surface area (Å²) in [6.45, 7) is 0. The molecule has 1 rings (SSSR count). The topological polar surface area (TPSA) is 17.1 Å². The molecule has 0 aliphatic heterocycles. The second kappa shape index (κ2) is 4.26. The molecule has 0 fully saturated rings. The summed E-state index contributed by atoms with van der Waals surface area (Å²) in [6.07, 6.45) is 0. The third-order valence-electron chi connectivity index (χ3n) is 1.35. The number of ketones is 1. The van der Waals surface area contributed by atoms with Gasteiger partial charge in [-0.3, -0.25) is 4.79 Å². The maximum atomic E-state index is 11.2. The average molecular weight is 280 g/mol. The van der Waals surface area contributed by atoms with Gasteiger partial charge in [0.05, 0.1) is 10.4 Å². The summed E-state index contributed by atoms with van der Waals surface area (Å²) < 4.78 is 0. The van der Waals surface area contributed by atoms with Crippen molar-refractivity contribution in [3.63, 3.8) is 0 Å². The zero-order valence-corrected chi connectivity index (χ0v) is 9.08. The van der Waals surface area contributed by atoms with E-state index in [-0.39, 0.29) is 11.1 Å². The first-order valence-corrected chi connectivity index (χ1v) is 5.07. The molecule has 0 saturated heterocycles. The Labute approximate surface area is 88.8 Å². The number of carbonyl (C=O) groups is 1. The maximum absolute atomic E-state index is 11.2. The van der Waals surface area contributed by atoms with Gasteiger partial charge in [0.25, 0.3) is 0 Å². The summed E-state index contributed by atoms with van der Waals surface area (Å²) in [6, 6.07) is 4.82. The number of benzene rings is 1. The predicted molar refractivity (Wildman–Crippen MR) is 54.6 cm³/mol. The van der Waals surface area contributed by atoms with Gasteiger partial charge in [0.2, 0.25) is 0 Å². The van der Waals surface area contributed by atoms with Crippen LogP contribution in [0, 0.1) is 0 Å². The van der Waals surface area contributed by atoms with Crippen LogP contribution in [0.25, 0.3) is 0 Å². The molecule has 4 heteroatoms. The molecule has 1 aromatic carbocycles. The highest BCUT2D eigenvalue weighted by molar-refractivity contribution is 9.09. The summed E-state index contributed by atoms with van der Waals surface area (Å²) in [7, 11) is 0. The molecule has 0 unspecified atom stereocenters. The lowest BCUT2D eigenvalue weighted by Crippen LogP contribution is -2.00. The second-order valence-corrected chi connectivity index (χ2v) is 3.59. The zero-order chi connectivity index (χ0) is 9.14.